The van der Waals surface area contributed by atoms with E-state index in [9.17, 15) is 14.4 Å². The van der Waals surface area contributed by atoms with Gasteiger partial charge in [-0.3, -0.25) is 18.7 Å². The molecule has 0 spiro atoms. The Bertz CT molecular complexity index is 1280. The first kappa shape index (κ1) is 19.3. The van der Waals surface area contributed by atoms with Crippen LogP contribution in [-0.2, 0) is 13.1 Å². The molecule has 1 heterocycles. The smallest absolute Gasteiger partial charge is 0.295 e. The maximum Gasteiger partial charge on any atom is 0.331 e. The first-order valence-corrected chi connectivity index (χ1v) is 9.65. The summed E-state index contributed by atoms with van der Waals surface area (Å²) < 4.78 is 2.56. The summed E-state index contributed by atoms with van der Waals surface area (Å²) >= 11 is 0. The van der Waals surface area contributed by atoms with Crippen LogP contribution in [0.15, 0.2) is 107 Å². The summed E-state index contributed by atoms with van der Waals surface area (Å²) in [7, 11) is 0. The molecule has 0 atom stereocenters. The molecule has 148 valence electrons. The molecule has 0 bridgehead atoms. The van der Waals surface area contributed by atoms with Crippen LogP contribution in [0.5, 0.6) is 0 Å². The number of nitrogens with zero attached hydrogens (tertiary/aromatic N) is 2. The number of hydrogen-bond donors (Lipinski definition) is 0. The molecule has 0 saturated heterocycles. The second kappa shape index (κ2) is 8.57. The molecule has 0 aliphatic carbocycles. The van der Waals surface area contributed by atoms with Crippen LogP contribution >= 0.6 is 0 Å². The van der Waals surface area contributed by atoms with Gasteiger partial charge < -0.3 is 0 Å². The lowest BCUT2D eigenvalue weighted by molar-refractivity contribution is 0.103. The van der Waals surface area contributed by atoms with Crippen LogP contribution in [0.3, 0.4) is 0 Å². The molecule has 0 radical (unpaired) electrons. The van der Waals surface area contributed by atoms with E-state index in [2.05, 4.69) is 0 Å². The second-order valence-electron chi connectivity index (χ2n) is 7.01. The molecule has 3 aromatic carbocycles. The predicted octanol–water partition coefficient (Wildman–Crippen LogP) is 3.34. The van der Waals surface area contributed by atoms with Crippen molar-refractivity contribution in [1.82, 2.24) is 9.13 Å². The lowest BCUT2D eigenvalue weighted by atomic mass is 10.1. The molecule has 5 nitrogen and oxygen atoms in total. The van der Waals surface area contributed by atoms with Gasteiger partial charge in [-0.25, -0.2) is 4.79 Å². The Hall–Kier alpha value is -3.99. The van der Waals surface area contributed by atoms with Crippen molar-refractivity contribution in [3.05, 3.63) is 140 Å². The van der Waals surface area contributed by atoms with Crippen LogP contribution in [0.2, 0.25) is 0 Å². The van der Waals surface area contributed by atoms with E-state index in [1.54, 1.807) is 30.3 Å². The van der Waals surface area contributed by atoms with Crippen molar-refractivity contribution < 1.29 is 4.79 Å². The van der Waals surface area contributed by atoms with Gasteiger partial charge in [0.15, 0.2) is 5.78 Å². The van der Waals surface area contributed by atoms with Crippen molar-refractivity contribution in [3.8, 4) is 0 Å². The van der Waals surface area contributed by atoms with Gasteiger partial charge in [-0.2, -0.15) is 0 Å². The number of aromatic nitrogens is 2. The van der Waals surface area contributed by atoms with Gasteiger partial charge in [0.2, 0.25) is 0 Å². The van der Waals surface area contributed by atoms with Crippen LogP contribution in [0.4, 0.5) is 0 Å². The Morgan fingerprint density at radius 1 is 0.667 bits per heavy atom. The molecule has 0 unspecified atom stereocenters. The topological polar surface area (TPSA) is 61.1 Å². The van der Waals surface area contributed by atoms with E-state index in [0.717, 1.165) is 15.7 Å². The van der Waals surface area contributed by atoms with Crippen LogP contribution in [0, 0.1) is 0 Å². The van der Waals surface area contributed by atoms with Crippen LogP contribution in [0.1, 0.15) is 27.0 Å². The molecular formula is C25H20N2O3. The van der Waals surface area contributed by atoms with Crippen LogP contribution < -0.4 is 11.2 Å². The highest BCUT2D eigenvalue weighted by molar-refractivity contribution is 6.08. The van der Waals surface area contributed by atoms with E-state index in [1.165, 1.54) is 10.8 Å². The minimum atomic E-state index is -0.581. The molecule has 0 saturated carbocycles. The van der Waals surface area contributed by atoms with E-state index in [-0.39, 0.29) is 18.7 Å². The molecule has 0 N–H and O–H groups in total. The minimum Gasteiger partial charge on any atom is -0.295 e. The summed E-state index contributed by atoms with van der Waals surface area (Å²) in [5.74, 6) is -0.399. The molecule has 1 aromatic heterocycles. The van der Waals surface area contributed by atoms with E-state index in [0.29, 0.717) is 5.56 Å². The number of ketones is 1. The standard InChI is InChI=1S/C25H20N2O3/c28-23(21-14-8-3-9-15-21)22-18-26(16-19-10-4-1-5-11-19)25(30)27(24(22)29)17-20-12-6-2-7-13-20/h1-15,18H,16-17H2. The van der Waals surface area contributed by atoms with Crippen LogP contribution in [0.25, 0.3) is 0 Å². The fourth-order valence-corrected chi connectivity index (χ4v) is 3.35. The minimum absolute atomic E-state index is 0.0207. The van der Waals surface area contributed by atoms with Crippen molar-refractivity contribution in [1.29, 1.82) is 0 Å². The molecule has 0 aliphatic rings. The SMILES string of the molecule is O=C(c1ccccc1)c1cn(Cc2ccccc2)c(=O)n(Cc2ccccc2)c1=O. The summed E-state index contributed by atoms with van der Waals surface area (Å²) in [6.45, 7) is 0.368. The monoisotopic (exact) mass is 396 g/mol. The van der Waals surface area contributed by atoms with Gasteiger partial charge >= 0.3 is 5.69 Å². The van der Waals surface area contributed by atoms with Crippen molar-refractivity contribution in [2.24, 2.45) is 0 Å². The highest BCUT2D eigenvalue weighted by atomic mass is 16.2. The van der Waals surface area contributed by atoms with E-state index in [4.69, 9.17) is 0 Å². The molecule has 4 aromatic rings. The Morgan fingerprint density at radius 2 is 1.17 bits per heavy atom. The summed E-state index contributed by atoms with van der Waals surface area (Å²) in [6, 6.07) is 27.4. The number of carbonyl (C=O) groups excluding carboxylic acids is 1. The number of benzene rings is 3. The van der Waals surface area contributed by atoms with Gasteiger partial charge in [-0.1, -0.05) is 91.0 Å². The third-order valence-electron chi connectivity index (χ3n) is 4.90. The van der Waals surface area contributed by atoms with E-state index >= 15 is 0 Å². The number of carbonyl (C=O) groups is 1. The predicted molar refractivity (Wildman–Crippen MR) is 116 cm³/mol. The number of hydrogen-bond acceptors (Lipinski definition) is 3. The maximum absolute atomic E-state index is 13.1. The van der Waals surface area contributed by atoms with Crippen LogP contribution in [-0.4, -0.2) is 14.9 Å². The summed E-state index contributed by atoms with van der Waals surface area (Å²) in [4.78, 5) is 39.3. The van der Waals surface area contributed by atoms with Crippen molar-refractivity contribution in [2.75, 3.05) is 0 Å². The maximum atomic E-state index is 13.1. The molecule has 4 rings (SSSR count). The molecule has 0 amide bonds. The zero-order valence-electron chi connectivity index (χ0n) is 16.3. The molecule has 5 heteroatoms. The Morgan fingerprint density at radius 3 is 1.73 bits per heavy atom. The molecule has 0 fully saturated rings. The average Bonchev–Trinajstić information content (AvgIpc) is 2.80. The first-order chi connectivity index (χ1) is 14.6. The third-order valence-corrected chi connectivity index (χ3v) is 4.90. The van der Waals surface area contributed by atoms with Gasteiger partial charge in [0.1, 0.15) is 5.56 Å². The Kier molecular flexibility index (Phi) is 5.52. The van der Waals surface area contributed by atoms with E-state index in [1.807, 2.05) is 60.7 Å². The fraction of sp³-hybridized carbons (Fsp3) is 0.0800. The molecule has 0 aliphatic heterocycles. The highest BCUT2D eigenvalue weighted by Gasteiger charge is 2.19. The number of rotatable bonds is 6. The van der Waals surface area contributed by atoms with Gasteiger partial charge in [0.05, 0.1) is 13.1 Å². The summed E-state index contributed by atoms with van der Waals surface area (Å²) in [5, 5.41) is 0. The Labute approximate surface area is 173 Å². The van der Waals surface area contributed by atoms with Gasteiger partial charge in [-0.15, -0.1) is 0 Å². The lowest BCUT2D eigenvalue weighted by Gasteiger charge is -2.13. The van der Waals surface area contributed by atoms with Gasteiger partial charge in [-0.05, 0) is 11.1 Å². The lowest BCUT2D eigenvalue weighted by Crippen LogP contribution is -2.42. The third kappa shape index (κ3) is 4.05. The zero-order valence-corrected chi connectivity index (χ0v) is 16.3. The summed E-state index contributed by atoms with van der Waals surface area (Å²) in [5.41, 5.74) is 1.08. The van der Waals surface area contributed by atoms with Crippen molar-refractivity contribution >= 4 is 5.78 Å². The normalized spacial score (nSPS) is 10.7. The first-order valence-electron chi connectivity index (χ1n) is 9.65. The molecule has 30 heavy (non-hydrogen) atoms. The largest absolute Gasteiger partial charge is 0.331 e. The van der Waals surface area contributed by atoms with Gasteiger partial charge in [0.25, 0.3) is 5.56 Å². The quantitative estimate of drug-likeness (QED) is 0.470. The van der Waals surface area contributed by atoms with Crippen molar-refractivity contribution in [2.45, 2.75) is 13.1 Å². The Balaban J connectivity index is 1.86. The average molecular weight is 396 g/mol. The molecular weight excluding hydrogens is 376 g/mol. The second-order valence-corrected chi connectivity index (χ2v) is 7.01. The highest BCUT2D eigenvalue weighted by Crippen LogP contribution is 2.08. The van der Waals surface area contributed by atoms with Gasteiger partial charge in [0, 0.05) is 11.8 Å². The zero-order chi connectivity index (χ0) is 20.9. The fourth-order valence-electron chi connectivity index (χ4n) is 3.35. The summed E-state index contributed by atoms with van der Waals surface area (Å²) in [6.07, 6.45) is 1.38. The van der Waals surface area contributed by atoms with Crippen molar-refractivity contribution in [3.63, 3.8) is 0 Å². The van der Waals surface area contributed by atoms with E-state index < -0.39 is 17.0 Å².